The molecule has 1 aromatic carbocycles. The highest BCUT2D eigenvalue weighted by atomic mass is 19.1. The smallest absolute Gasteiger partial charge is 0.310 e. The van der Waals surface area contributed by atoms with Crippen LogP contribution in [0.2, 0.25) is 0 Å². The van der Waals surface area contributed by atoms with Crippen LogP contribution < -0.4 is 0 Å². The first-order valence-electron chi connectivity index (χ1n) is 7.00. The fraction of sp³-hybridized carbons (Fsp3) is 0.562. The minimum Gasteiger partial charge on any atom is -0.481 e. The predicted octanol–water partition coefficient (Wildman–Crippen LogP) is 3.57. The first-order valence-corrected chi connectivity index (χ1v) is 7.00. The van der Waals surface area contributed by atoms with Crippen molar-refractivity contribution >= 4 is 5.97 Å². The fourth-order valence-electron chi connectivity index (χ4n) is 4.20. The van der Waals surface area contributed by atoms with Crippen molar-refractivity contribution in [2.45, 2.75) is 39.0 Å². The van der Waals surface area contributed by atoms with Gasteiger partial charge in [-0.2, -0.15) is 0 Å². The van der Waals surface area contributed by atoms with Gasteiger partial charge >= 0.3 is 5.97 Å². The van der Waals surface area contributed by atoms with Crippen LogP contribution in [0.4, 0.5) is 4.39 Å². The number of benzene rings is 1. The number of carboxylic acid groups (broad SMARTS) is 1. The summed E-state index contributed by atoms with van der Waals surface area (Å²) in [5.41, 5.74) is 1.24. The third kappa shape index (κ3) is 1.96. The Morgan fingerprint density at radius 1 is 1.47 bits per heavy atom. The van der Waals surface area contributed by atoms with Crippen molar-refractivity contribution < 1.29 is 14.3 Å². The SMILES string of the molecule is Cc1cc(F)ccc1CC1(C(=O)O)CC2CCC1C2. The number of fused-ring (bicyclic) bond motifs is 2. The predicted molar refractivity (Wildman–Crippen MR) is 70.4 cm³/mol. The number of rotatable bonds is 3. The number of aliphatic carboxylic acids is 1. The average Bonchev–Trinajstić information content (AvgIpc) is 2.93. The van der Waals surface area contributed by atoms with Crippen molar-refractivity contribution in [1.82, 2.24) is 0 Å². The fourth-order valence-corrected chi connectivity index (χ4v) is 4.20. The molecule has 2 bridgehead atoms. The molecule has 0 amide bonds. The molecular formula is C16H19FO2. The molecule has 3 heteroatoms. The molecule has 19 heavy (non-hydrogen) atoms. The van der Waals surface area contributed by atoms with E-state index in [1.54, 1.807) is 6.07 Å². The van der Waals surface area contributed by atoms with Crippen LogP contribution >= 0.6 is 0 Å². The molecule has 102 valence electrons. The Bertz CT molecular complexity index is 525. The summed E-state index contributed by atoms with van der Waals surface area (Å²) in [6.45, 7) is 1.86. The molecule has 2 aliphatic carbocycles. The van der Waals surface area contributed by atoms with Crippen LogP contribution in [0.5, 0.6) is 0 Å². The average molecular weight is 262 g/mol. The van der Waals surface area contributed by atoms with Crippen LogP contribution in [0.3, 0.4) is 0 Å². The molecule has 3 unspecified atom stereocenters. The quantitative estimate of drug-likeness (QED) is 0.904. The van der Waals surface area contributed by atoms with Gasteiger partial charge in [-0.1, -0.05) is 12.5 Å². The van der Waals surface area contributed by atoms with Crippen molar-refractivity contribution in [3.63, 3.8) is 0 Å². The highest BCUT2D eigenvalue weighted by Gasteiger charge is 2.55. The van der Waals surface area contributed by atoms with E-state index in [4.69, 9.17) is 0 Å². The molecule has 0 spiro atoms. The number of halogens is 1. The highest BCUT2D eigenvalue weighted by Crippen LogP contribution is 2.57. The van der Waals surface area contributed by atoms with Gasteiger partial charge in [0.15, 0.2) is 0 Å². The Kier molecular flexibility index (Phi) is 2.88. The van der Waals surface area contributed by atoms with E-state index in [9.17, 15) is 14.3 Å². The maximum atomic E-state index is 13.1. The van der Waals surface area contributed by atoms with Gasteiger partial charge in [0.25, 0.3) is 0 Å². The molecule has 0 radical (unpaired) electrons. The van der Waals surface area contributed by atoms with Gasteiger partial charge in [-0.3, -0.25) is 4.79 Å². The zero-order valence-electron chi connectivity index (χ0n) is 11.2. The summed E-state index contributed by atoms with van der Waals surface area (Å²) in [5.74, 6) is -0.0247. The Morgan fingerprint density at radius 3 is 2.79 bits per heavy atom. The monoisotopic (exact) mass is 262 g/mol. The molecule has 3 rings (SSSR count). The molecule has 2 aliphatic rings. The number of hydrogen-bond donors (Lipinski definition) is 1. The number of carboxylic acids is 1. The van der Waals surface area contributed by atoms with Gasteiger partial charge in [-0.25, -0.2) is 4.39 Å². The van der Waals surface area contributed by atoms with E-state index in [1.165, 1.54) is 18.6 Å². The van der Waals surface area contributed by atoms with E-state index in [2.05, 4.69) is 0 Å². The molecule has 3 atom stereocenters. The van der Waals surface area contributed by atoms with E-state index in [0.717, 1.165) is 30.4 Å². The molecular weight excluding hydrogens is 243 g/mol. The Morgan fingerprint density at radius 2 is 2.26 bits per heavy atom. The van der Waals surface area contributed by atoms with Gasteiger partial charge in [-0.15, -0.1) is 0 Å². The molecule has 2 saturated carbocycles. The first-order chi connectivity index (χ1) is 9.01. The molecule has 2 nitrogen and oxygen atoms in total. The first kappa shape index (κ1) is 12.6. The summed E-state index contributed by atoms with van der Waals surface area (Å²) in [5, 5.41) is 9.72. The second-order valence-electron chi connectivity index (χ2n) is 6.29. The summed E-state index contributed by atoms with van der Waals surface area (Å²) in [6.07, 6.45) is 4.63. The molecule has 1 aromatic rings. The number of aryl methyl sites for hydroxylation is 1. The molecule has 0 aromatic heterocycles. The Hall–Kier alpha value is -1.38. The molecule has 1 N–H and O–H groups in total. The van der Waals surface area contributed by atoms with Crippen molar-refractivity contribution in [3.8, 4) is 0 Å². The molecule has 0 heterocycles. The normalized spacial score (nSPS) is 32.7. The van der Waals surface area contributed by atoms with Gasteiger partial charge in [-0.05, 0) is 67.7 Å². The van der Waals surface area contributed by atoms with Gasteiger partial charge in [0, 0.05) is 0 Å². The highest BCUT2D eigenvalue weighted by molar-refractivity contribution is 5.76. The van der Waals surface area contributed by atoms with Crippen molar-refractivity contribution in [1.29, 1.82) is 0 Å². The number of hydrogen-bond acceptors (Lipinski definition) is 1. The van der Waals surface area contributed by atoms with E-state index in [-0.39, 0.29) is 5.82 Å². The standard InChI is InChI=1S/C16H19FO2/c1-10-6-14(17)5-3-12(10)9-16(15(18)19)8-11-2-4-13(16)7-11/h3,5-6,11,13H,2,4,7-9H2,1H3,(H,18,19). The molecule has 0 saturated heterocycles. The lowest BCUT2D eigenvalue weighted by atomic mass is 9.69. The third-order valence-corrected chi connectivity index (χ3v) is 5.21. The third-order valence-electron chi connectivity index (χ3n) is 5.21. The van der Waals surface area contributed by atoms with Crippen LogP contribution in [0, 0.1) is 30.0 Å². The zero-order chi connectivity index (χ0) is 13.6. The lowest BCUT2D eigenvalue weighted by molar-refractivity contribution is -0.152. The summed E-state index contributed by atoms with van der Waals surface area (Å²) in [7, 11) is 0. The summed E-state index contributed by atoms with van der Waals surface area (Å²) >= 11 is 0. The molecule has 0 aliphatic heterocycles. The van der Waals surface area contributed by atoms with E-state index < -0.39 is 11.4 Å². The van der Waals surface area contributed by atoms with Crippen LogP contribution in [-0.2, 0) is 11.2 Å². The van der Waals surface area contributed by atoms with E-state index >= 15 is 0 Å². The van der Waals surface area contributed by atoms with Crippen molar-refractivity contribution in [3.05, 3.63) is 35.1 Å². The van der Waals surface area contributed by atoms with Gasteiger partial charge in [0.05, 0.1) is 5.41 Å². The maximum absolute atomic E-state index is 13.1. The Balaban J connectivity index is 1.93. The topological polar surface area (TPSA) is 37.3 Å². The van der Waals surface area contributed by atoms with Gasteiger partial charge < -0.3 is 5.11 Å². The molecule has 2 fully saturated rings. The van der Waals surface area contributed by atoms with Crippen molar-refractivity contribution in [2.24, 2.45) is 17.3 Å². The van der Waals surface area contributed by atoms with Gasteiger partial charge in [0.1, 0.15) is 5.82 Å². The van der Waals surface area contributed by atoms with Crippen LogP contribution in [0.15, 0.2) is 18.2 Å². The van der Waals surface area contributed by atoms with Crippen LogP contribution in [-0.4, -0.2) is 11.1 Å². The van der Waals surface area contributed by atoms with Crippen molar-refractivity contribution in [2.75, 3.05) is 0 Å². The minimum absolute atomic E-state index is 0.251. The number of carbonyl (C=O) groups is 1. The second-order valence-corrected chi connectivity index (χ2v) is 6.29. The lowest BCUT2D eigenvalue weighted by Crippen LogP contribution is -2.38. The van der Waals surface area contributed by atoms with Gasteiger partial charge in [0.2, 0.25) is 0 Å². The summed E-state index contributed by atoms with van der Waals surface area (Å²) in [4.78, 5) is 11.8. The van der Waals surface area contributed by atoms with E-state index in [0.29, 0.717) is 18.3 Å². The van der Waals surface area contributed by atoms with Crippen LogP contribution in [0.25, 0.3) is 0 Å². The summed E-state index contributed by atoms with van der Waals surface area (Å²) < 4.78 is 13.1. The minimum atomic E-state index is -0.663. The largest absolute Gasteiger partial charge is 0.481 e. The zero-order valence-corrected chi connectivity index (χ0v) is 11.2. The maximum Gasteiger partial charge on any atom is 0.310 e. The van der Waals surface area contributed by atoms with E-state index in [1.807, 2.05) is 6.92 Å². The second kappa shape index (κ2) is 4.32. The summed E-state index contributed by atoms with van der Waals surface area (Å²) in [6, 6.07) is 4.69. The Labute approximate surface area is 112 Å². The lowest BCUT2D eigenvalue weighted by Gasteiger charge is -2.34. The van der Waals surface area contributed by atoms with Crippen LogP contribution in [0.1, 0.15) is 36.8 Å².